The van der Waals surface area contributed by atoms with E-state index in [1.165, 1.54) is 17.8 Å². The van der Waals surface area contributed by atoms with E-state index in [-0.39, 0.29) is 17.4 Å². The van der Waals surface area contributed by atoms with Crippen LogP contribution in [0.5, 0.6) is 0 Å². The molecule has 2 aromatic carbocycles. The molecule has 2 aromatic heterocycles. The third kappa shape index (κ3) is 3.70. The summed E-state index contributed by atoms with van der Waals surface area (Å²) in [6.45, 7) is 5.80. The molecule has 146 valence electrons. The van der Waals surface area contributed by atoms with Crippen molar-refractivity contribution in [3.05, 3.63) is 89.0 Å². The second-order valence-electron chi connectivity index (χ2n) is 7.08. The first-order chi connectivity index (χ1) is 14.0. The van der Waals surface area contributed by atoms with Crippen LogP contribution in [0.15, 0.2) is 65.7 Å². The van der Waals surface area contributed by atoms with E-state index in [0.29, 0.717) is 11.3 Å². The molecule has 0 amide bonds. The molecule has 0 aliphatic carbocycles. The van der Waals surface area contributed by atoms with Crippen LogP contribution < -0.4 is 0 Å². The highest BCUT2D eigenvalue weighted by atomic mass is 32.2. The molecule has 0 unspecified atom stereocenters. The molecular formula is C24H21FN2OS. The van der Waals surface area contributed by atoms with Gasteiger partial charge in [0.05, 0.1) is 22.0 Å². The molecule has 0 fully saturated rings. The van der Waals surface area contributed by atoms with Crippen molar-refractivity contribution in [1.29, 1.82) is 0 Å². The van der Waals surface area contributed by atoms with Crippen LogP contribution in [0.2, 0.25) is 0 Å². The molecule has 0 bridgehead atoms. The van der Waals surface area contributed by atoms with E-state index in [0.717, 1.165) is 32.9 Å². The molecule has 0 aliphatic heterocycles. The van der Waals surface area contributed by atoms with Gasteiger partial charge >= 0.3 is 0 Å². The van der Waals surface area contributed by atoms with Gasteiger partial charge in [-0.1, -0.05) is 42.1 Å². The molecule has 4 aromatic rings. The summed E-state index contributed by atoms with van der Waals surface area (Å²) in [5.74, 6) is -0.0105. The van der Waals surface area contributed by atoms with Gasteiger partial charge in [0, 0.05) is 22.3 Å². The zero-order valence-corrected chi connectivity index (χ0v) is 17.4. The Hall–Kier alpha value is -2.92. The SMILES string of the molecule is Cc1cc(SCC(=O)c2cc(C)n(-c3ccccc3F)c2C)nc2ccccc12. The van der Waals surface area contributed by atoms with Crippen LogP contribution >= 0.6 is 11.8 Å². The first-order valence-corrected chi connectivity index (χ1v) is 10.4. The van der Waals surface area contributed by atoms with Gasteiger partial charge in [-0.2, -0.15) is 0 Å². The maximum absolute atomic E-state index is 14.3. The summed E-state index contributed by atoms with van der Waals surface area (Å²) in [7, 11) is 0. The molecule has 0 saturated carbocycles. The average molecular weight is 405 g/mol. The molecule has 2 heterocycles. The monoisotopic (exact) mass is 404 g/mol. The van der Waals surface area contributed by atoms with E-state index in [4.69, 9.17) is 0 Å². The summed E-state index contributed by atoms with van der Waals surface area (Å²) in [5, 5.41) is 1.95. The fourth-order valence-electron chi connectivity index (χ4n) is 3.66. The second kappa shape index (κ2) is 7.84. The van der Waals surface area contributed by atoms with Crippen LogP contribution in [0, 0.1) is 26.6 Å². The smallest absolute Gasteiger partial charge is 0.174 e. The van der Waals surface area contributed by atoms with Gasteiger partial charge in [0.15, 0.2) is 5.78 Å². The van der Waals surface area contributed by atoms with Crippen molar-refractivity contribution in [2.75, 3.05) is 5.75 Å². The number of aromatic nitrogens is 2. The van der Waals surface area contributed by atoms with Crippen LogP contribution in [0.25, 0.3) is 16.6 Å². The topological polar surface area (TPSA) is 34.9 Å². The minimum atomic E-state index is -0.307. The lowest BCUT2D eigenvalue weighted by molar-refractivity contribution is 0.102. The highest BCUT2D eigenvalue weighted by molar-refractivity contribution is 7.99. The quantitative estimate of drug-likeness (QED) is 0.299. The Morgan fingerprint density at radius 3 is 2.55 bits per heavy atom. The third-order valence-corrected chi connectivity index (χ3v) is 5.99. The van der Waals surface area contributed by atoms with Crippen LogP contribution in [-0.4, -0.2) is 21.1 Å². The Morgan fingerprint density at radius 1 is 1.03 bits per heavy atom. The Labute approximate surface area is 173 Å². The van der Waals surface area contributed by atoms with E-state index in [1.54, 1.807) is 22.8 Å². The number of fused-ring (bicyclic) bond motifs is 1. The third-order valence-electron chi connectivity index (χ3n) is 5.08. The number of aryl methyl sites for hydroxylation is 2. The highest BCUT2D eigenvalue weighted by Crippen LogP contribution is 2.27. The van der Waals surface area contributed by atoms with E-state index >= 15 is 0 Å². The van der Waals surface area contributed by atoms with Gasteiger partial charge in [-0.05, 0) is 56.7 Å². The number of rotatable bonds is 5. The number of halogens is 1. The van der Waals surface area contributed by atoms with Crippen molar-refractivity contribution >= 4 is 28.4 Å². The Kier molecular flexibility index (Phi) is 5.24. The van der Waals surface area contributed by atoms with Crippen LogP contribution in [-0.2, 0) is 0 Å². The number of hydrogen-bond acceptors (Lipinski definition) is 3. The number of benzene rings is 2. The number of thioether (sulfide) groups is 1. The fourth-order valence-corrected chi connectivity index (χ4v) is 4.52. The van der Waals surface area contributed by atoms with E-state index < -0.39 is 0 Å². The molecule has 0 aliphatic rings. The van der Waals surface area contributed by atoms with Crippen molar-refractivity contribution < 1.29 is 9.18 Å². The van der Waals surface area contributed by atoms with Crippen molar-refractivity contribution in [3.8, 4) is 5.69 Å². The number of pyridine rings is 1. The van der Waals surface area contributed by atoms with Crippen molar-refractivity contribution in [2.45, 2.75) is 25.8 Å². The number of nitrogens with zero attached hydrogens (tertiary/aromatic N) is 2. The number of Topliss-reactive ketones (excluding diaryl/α,β-unsaturated/α-hetero) is 1. The number of ketones is 1. The van der Waals surface area contributed by atoms with E-state index in [9.17, 15) is 9.18 Å². The molecule has 0 atom stereocenters. The summed E-state index contributed by atoms with van der Waals surface area (Å²) < 4.78 is 16.1. The molecular weight excluding hydrogens is 383 g/mol. The summed E-state index contributed by atoms with van der Waals surface area (Å²) in [5.41, 5.74) is 4.74. The van der Waals surface area contributed by atoms with Crippen molar-refractivity contribution in [2.24, 2.45) is 0 Å². The first kappa shape index (κ1) is 19.4. The minimum absolute atomic E-state index is 0.0123. The second-order valence-corrected chi connectivity index (χ2v) is 8.07. The normalized spacial score (nSPS) is 11.2. The predicted octanol–water partition coefficient (Wildman–Crippen LogP) is 6.06. The van der Waals surface area contributed by atoms with Gasteiger partial charge in [0.1, 0.15) is 5.82 Å². The summed E-state index contributed by atoms with van der Waals surface area (Å²) >= 11 is 1.43. The fraction of sp³-hybridized carbons (Fsp3) is 0.167. The zero-order valence-electron chi connectivity index (χ0n) is 16.6. The van der Waals surface area contributed by atoms with Gasteiger partial charge in [0.25, 0.3) is 0 Å². The number of carbonyl (C=O) groups is 1. The van der Waals surface area contributed by atoms with E-state index in [1.807, 2.05) is 44.2 Å². The molecule has 4 rings (SSSR count). The largest absolute Gasteiger partial charge is 0.315 e. The predicted molar refractivity (Wildman–Crippen MR) is 117 cm³/mol. The lowest BCUT2D eigenvalue weighted by Gasteiger charge is -2.11. The Bertz CT molecular complexity index is 1230. The molecule has 5 heteroatoms. The molecule has 0 spiro atoms. The van der Waals surface area contributed by atoms with Crippen LogP contribution in [0.3, 0.4) is 0 Å². The van der Waals surface area contributed by atoms with Crippen molar-refractivity contribution in [1.82, 2.24) is 9.55 Å². The number of hydrogen-bond donors (Lipinski definition) is 0. The molecule has 29 heavy (non-hydrogen) atoms. The summed E-state index contributed by atoms with van der Waals surface area (Å²) in [6, 6.07) is 18.5. The maximum Gasteiger partial charge on any atom is 0.174 e. The lowest BCUT2D eigenvalue weighted by atomic mass is 10.1. The van der Waals surface area contributed by atoms with Gasteiger partial charge in [0.2, 0.25) is 0 Å². The van der Waals surface area contributed by atoms with Gasteiger partial charge in [-0.25, -0.2) is 9.37 Å². The van der Waals surface area contributed by atoms with Gasteiger partial charge < -0.3 is 4.57 Å². The molecule has 0 N–H and O–H groups in total. The van der Waals surface area contributed by atoms with Crippen molar-refractivity contribution in [3.63, 3.8) is 0 Å². The lowest BCUT2D eigenvalue weighted by Crippen LogP contribution is -2.06. The number of carbonyl (C=O) groups excluding carboxylic acids is 1. The van der Waals surface area contributed by atoms with Gasteiger partial charge in [-0.3, -0.25) is 4.79 Å². The Morgan fingerprint density at radius 2 is 1.76 bits per heavy atom. The average Bonchev–Trinajstić information content (AvgIpc) is 3.01. The standard InChI is InChI=1S/C24H21FN2OS/c1-15-12-24(26-21-10-6-4-8-18(15)21)29-14-23(28)19-13-16(2)27(17(19)3)22-11-7-5-9-20(22)25/h4-13H,14H2,1-3H3. The molecule has 0 radical (unpaired) electrons. The number of para-hydroxylation sites is 2. The minimum Gasteiger partial charge on any atom is -0.315 e. The zero-order chi connectivity index (χ0) is 20.5. The molecule has 0 saturated heterocycles. The highest BCUT2D eigenvalue weighted by Gasteiger charge is 2.18. The van der Waals surface area contributed by atoms with Gasteiger partial charge in [-0.15, -0.1) is 0 Å². The molecule has 3 nitrogen and oxygen atoms in total. The van der Waals surface area contributed by atoms with Crippen LogP contribution in [0.1, 0.15) is 27.3 Å². The summed E-state index contributed by atoms with van der Waals surface area (Å²) in [6.07, 6.45) is 0. The maximum atomic E-state index is 14.3. The van der Waals surface area contributed by atoms with E-state index in [2.05, 4.69) is 18.0 Å². The Balaban J connectivity index is 1.59. The summed E-state index contributed by atoms with van der Waals surface area (Å²) in [4.78, 5) is 17.6. The van der Waals surface area contributed by atoms with Crippen LogP contribution in [0.4, 0.5) is 4.39 Å². The first-order valence-electron chi connectivity index (χ1n) is 9.42.